The molecule has 8 nitrogen and oxygen atoms in total. The van der Waals surface area contributed by atoms with E-state index in [1.807, 2.05) is 19.1 Å². The number of nitrogens with zero attached hydrogens (tertiary/aromatic N) is 1. The third-order valence-corrected chi connectivity index (χ3v) is 6.33. The molecule has 3 aromatic rings. The Labute approximate surface area is 186 Å². The zero-order valence-electron chi connectivity index (χ0n) is 17.8. The molecule has 4 rings (SSSR count). The summed E-state index contributed by atoms with van der Waals surface area (Å²) in [5.74, 6) is 2.21. The molecule has 2 heterocycles. The molecule has 0 spiro atoms. The van der Waals surface area contributed by atoms with Gasteiger partial charge in [0.05, 0.1) is 24.7 Å². The molecule has 1 aliphatic rings. The first-order valence-electron chi connectivity index (χ1n) is 10.2. The summed E-state index contributed by atoms with van der Waals surface area (Å²) in [6, 6.07) is 14.5. The number of nitrogens with one attached hydrogen (secondary N) is 1. The van der Waals surface area contributed by atoms with Gasteiger partial charge in [-0.3, -0.25) is 9.52 Å². The minimum Gasteiger partial charge on any atom is -0.490 e. The average Bonchev–Trinajstić information content (AvgIpc) is 3.03. The molecule has 0 saturated heterocycles. The summed E-state index contributed by atoms with van der Waals surface area (Å²) >= 11 is 0. The summed E-state index contributed by atoms with van der Waals surface area (Å²) in [7, 11) is -2.16. The number of sulfonamides is 1. The number of benzene rings is 2. The van der Waals surface area contributed by atoms with E-state index in [2.05, 4.69) is 4.72 Å². The molecule has 1 aliphatic heterocycles. The number of fused-ring (bicyclic) bond motifs is 1. The van der Waals surface area contributed by atoms with Crippen molar-refractivity contribution in [1.29, 1.82) is 0 Å². The number of carbonyl (C=O) groups excluding carboxylic acids is 1. The summed E-state index contributed by atoms with van der Waals surface area (Å²) in [5, 5.41) is 0. The molecule has 0 unspecified atom stereocenters. The monoisotopic (exact) mass is 456 g/mol. The van der Waals surface area contributed by atoms with E-state index in [9.17, 15) is 13.2 Å². The van der Waals surface area contributed by atoms with Gasteiger partial charge in [-0.05, 0) is 55.5 Å². The Morgan fingerprint density at radius 3 is 2.41 bits per heavy atom. The van der Waals surface area contributed by atoms with Gasteiger partial charge in [0, 0.05) is 30.8 Å². The number of rotatable bonds is 6. The lowest BCUT2D eigenvalue weighted by Gasteiger charge is -2.16. The highest BCUT2D eigenvalue weighted by atomic mass is 32.2. The fourth-order valence-corrected chi connectivity index (χ4v) is 4.38. The van der Waals surface area contributed by atoms with Gasteiger partial charge in [0.15, 0.2) is 11.5 Å². The van der Waals surface area contributed by atoms with E-state index in [-0.39, 0.29) is 10.8 Å². The van der Waals surface area contributed by atoms with E-state index in [4.69, 9.17) is 13.9 Å². The Balaban J connectivity index is 1.44. The molecule has 0 fully saturated rings. The zero-order chi connectivity index (χ0) is 22.7. The number of anilines is 1. The molecule has 1 aromatic heterocycles. The maximum absolute atomic E-state index is 12.8. The summed E-state index contributed by atoms with van der Waals surface area (Å²) < 4.78 is 44.8. The van der Waals surface area contributed by atoms with Crippen LogP contribution >= 0.6 is 0 Å². The Morgan fingerprint density at radius 2 is 1.72 bits per heavy atom. The fraction of sp³-hybridized carbons (Fsp3) is 0.261. The highest BCUT2D eigenvalue weighted by Crippen LogP contribution is 2.32. The second kappa shape index (κ2) is 8.96. The zero-order valence-corrected chi connectivity index (χ0v) is 18.6. The summed E-state index contributed by atoms with van der Waals surface area (Å²) in [5.41, 5.74) is 0.785. The smallest absolute Gasteiger partial charge is 0.262 e. The third-order valence-electron chi connectivity index (χ3n) is 4.95. The van der Waals surface area contributed by atoms with Gasteiger partial charge < -0.3 is 18.8 Å². The van der Waals surface area contributed by atoms with E-state index in [1.54, 1.807) is 37.4 Å². The van der Waals surface area contributed by atoms with E-state index in [0.29, 0.717) is 48.3 Å². The van der Waals surface area contributed by atoms with Gasteiger partial charge in [-0.1, -0.05) is 0 Å². The van der Waals surface area contributed by atoms with Crippen LogP contribution in [0.4, 0.5) is 5.69 Å². The van der Waals surface area contributed by atoms with Crippen molar-refractivity contribution in [1.82, 2.24) is 4.90 Å². The maximum Gasteiger partial charge on any atom is 0.262 e. The van der Waals surface area contributed by atoms with Gasteiger partial charge in [0.2, 0.25) is 0 Å². The van der Waals surface area contributed by atoms with Crippen molar-refractivity contribution >= 4 is 21.6 Å². The molecule has 0 radical (unpaired) electrons. The number of hydrogen-bond acceptors (Lipinski definition) is 6. The molecule has 0 saturated carbocycles. The number of furan rings is 1. The lowest BCUT2D eigenvalue weighted by atomic mass is 10.2. The van der Waals surface area contributed by atoms with Crippen molar-refractivity contribution in [3.63, 3.8) is 0 Å². The largest absolute Gasteiger partial charge is 0.490 e. The Hall–Kier alpha value is -3.46. The molecule has 9 heteroatoms. The van der Waals surface area contributed by atoms with Crippen LogP contribution in [-0.2, 0) is 16.6 Å². The number of hydrogen-bond donors (Lipinski definition) is 1. The van der Waals surface area contributed by atoms with Crippen LogP contribution in [0.1, 0.15) is 28.3 Å². The number of aryl methyl sites for hydroxylation is 1. The van der Waals surface area contributed by atoms with Gasteiger partial charge in [0.1, 0.15) is 11.5 Å². The molecule has 168 valence electrons. The molecule has 2 aromatic carbocycles. The van der Waals surface area contributed by atoms with Gasteiger partial charge in [-0.25, -0.2) is 8.42 Å². The molecule has 1 amide bonds. The summed E-state index contributed by atoms with van der Waals surface area (Å²) in [4.78, 5) is 14.3. The highest BCUT2D eigenvalue weighted by Gasteiger charge is 2.20. The van der Waals surface area contributed by atoms with Gasteiger partial charge in [0.25, 0.3) is 15.9 Å². The summed E-state index contributed by atoms with van der Waals surface area (Å²) in [6.45, 7) is 3.18. The molecule has 32 heavy (non-hydrogen) atoms. The van der Waals surface area contributed by atoms with Crippen molar-refractivity contribution in [2.24, 2.45) is 0 Å². The topological polar surface area (TPSA) is 98.1 Å². The lowest BCUT2D eigenvalue weighted by Crippen LogP contribution is -2.26. The van der Waals surface area contributed by atoms with Crippen LogP contribution in [-0.4, -0.2) is 39.5 Å². The van der Waals surface area contributed by atoms with E-state index >= 15 is 0 Å². The van der Waals surface area contributed by atoms with Crippen LogP contribution in [0, 0.1) is 6.92 Å². The summed E-state index contributed by atoms with van der Waals surface area (Å²) in [6.07, 6.45) is 0.733. The Morgan fingerprint density at radius 1 is 1.00 bits per heavy atom. The normalized spacial score (nSPS) is 13.3. The second-order valence-corrected chi connectivity index (χ2v) is 9.20. The molecular weight excluding hydrogens is 432 g/mol. The van der Waals surface area contributed by atoms with Crippen LogP contribution in [0.25, 0.3) is 0 Å². The van der Waals surface area contributed by atoms with Crippen molar-refractivity contribution in [2.75, 3.05) is 25.0 Å². The van der Waals surface area contributed by atoms with Crippen molar-refractivity contribution in [3.8, 4) is 11.5 Å². The number of carbonyl (C=O) groups is 1. The SMILES string of the molecule is Cc1ccc(CN(C)C(=O)c2ccc(NS(=O)(=O)c3ccc4c(c3)OCCCO4)cc2)o1. The predicted molar refractivity (Wildman–Crippen MR) is 119 cm³/mol. The van der Waals surface area contributed by atoms with Crippen molar-refractivity contribution in [2.45, 2.75) is 24.8 Å². The Bertz CT molecular complexity index is 1220. The highest BCUT2D eigenvalue weighted by molar-refractivity contribution is 7.92. The second-order valence-electron chi connectivity index (χ2n) is 7.52. The van der Waals surface area contributed by atoms with E-state index in [1.165, 1.54) is 17.0 Å². The minimum absolute atomic E-state index is 0.0652. The van der Waals surface area contributed by atoms with E-state index < -0.39 is 10.0 Å². The standard InChI is InChI=1S/C23H24N2O6S/c1-16-4-9-19(31-16)15-25(2)23(26)17-5-7-18(8-6-17)24-32(27,28)20-10-11-21-22(14-20)30-13-3-12-29-21/h4-11,14,24H,3,12-13,15H2,1-2H3. The first-order valence-corrected chi connectivity index (χ1v) is 11.6. The molecular formula is C23H24N2O6S. The number of ether oxygens (including phenoxy) is 2. The molecule has 0 aliphatic carbocycles. The van der Waals surface area contributed by atoms with E-state index in [0.717, 1.165) is 12.2 Å². The van der Waals surface area contributed by atoms with Gasteiger partial charge in [-0.15, -0.1) is 0 Å². The van der Waals surface area contributed by atoms with Crippen molar-refractivity contribution in [3.05, 3.63) is 71.7 Å². The molecule has 0 atom stereocenters. The lowest BCUT2D eigenvalue weighted by molar-refractivity contribution is 0.0775. The van der Waals surface area contributed by atoms with Gasteiger partial charge in [-0.2, -0.15) is 0 Å². The van der Waals surface area contributed by atoms with Crippen LogP contribution in [0.15, 0.2) is 63.9 Å². The predicted octanol–water partition coefficient (Wildman–Crippen LogP) is 3.82. The average molecular weight is 457 g/mol. The van der Waals surface area contributed by atoms with Crippen LogP contribution in [0.3, 0.4) is 0 Å². The van der Waals surface area contributed by atoms with Crippen LogP contribution in [0.2, 0.25) is 0 Å². The molecule has 0 bridgehead atoms. The van der Waals surface area contributed by atoms with Crippen LogP contribution < -0.4 is 14.2 Å². The van der Waals surface area contributed by atoms with Gasteiger partial charge >= 0.3 is 0 Å². The fourth-order valence-electron chi connectivity index (χ4n) is 3.30. The first-order chi connectivity index (χ1) is 15.3. The number of amides is 1. The van der Waals surface area contributed by atoms with Crippen LogP contribution in [0.5, 0.6) is 11.5 Å². The maximum atomic E-state index is 12.8. The van der Waals surface area contributed by atoms with Crippen molar-refractivity contribution < 1.29 is 27.1 Å². The molecule has 1 N–H and O–H groups in total. The first kappa shape index (κ1) is 21.8. The minimum atomic E-state index is -3.84. The quantitative estimate of drug-likeness (QED) is 0.606. The Kier molecular flexibility index (Phi) is 6.09. The third kappa shape index (κ3) is 4.88.